The Labute approximate surface area is 191 Å². The molecule has 2 aromatic rings. The molecule has 0 bridgehead atoms. The van der Waals surface area contributed by atoms with Crippen molar-refractivity contribution in [2.75, 3.05) is 27.9 Å². The second kappa shape index (κ2) is 12.4. The molecule has 2 rings (SSSR count). The van der Waals surface area contributed by atoms with E-state index in [1.807, 2.05) is 19.1 Å². The lowest BCUT2D eigenvalue weighted by Crippen LogP contribution is -2.36. The summed E-state index contributed by atoms with van der Waals surface area (Å²) in [5.74, 6) is 2.65. The van der Waals surface area contributed by atoms with Gasteiger partial charge in [0.15, 0.2) is 17.5 Å². The number of ether oxygens (including phenoxy) is 3. The van der Waals surface area contributed by atoms with Gasteiger partial charge in [-0.2, -0.15) is 0 Å². The molecule has 0 fully saturated rings. The van der Waals surface area contributed by atoms with Gasteiger partial charge in [0.1, 0.15) is 0 Å². The van der Waals surface area contributed by atoms with Gasteiger partial charge in [-0.05, 0) is 49.6 Å². The van der Waals surface area contributed by atoms with Crippen LogP contribution in [0.4, 0.5) is 0 Å². The highest BCUT2D eigenvalue weighted by Crippen LogP contribution is 2.38. The minimum absolute atomic E-state index is 0. The molecule has 0 aliphatic heterocycles. The van der Waals surface area contributed by atoms with Crippen LogP contribution in [0.5, 0.6) is 17.2 Å². The third-order valence-electron chi connectivity index (χ3n) is 4.44. The molecular formula is C22H32IN3O3. The highest BCUT2D eigenvalue weighted by Gasteiger charge is 2.14. The average molecular weight is 513 g/mol. The molecule has 0 saturated heterocycles. The predicted molar refractivity (Wildman–Crippen MR) is 129 cm³/mol. The largest absolute Gasteiger partial charge is 0.493 e. The van der Waals surface area contributed by atoms with E-state index in [2.05, 4.69) is 47.7 Å². The van der Waals surface area contributed by atoms with Crippen molar-refractivity contribution >= 4 is 29.9 Å². The molecule has 160 valence electrons. The number of guanidine groups is 1. The Morgan fingerprint density at radius 1 is 0.966 bits per heavy atom. The quantitative estimate of drug-likeness (QED) is 0.315. The van der Waals surface area contributed by atoms with Crippen LogP contribution in [-0.4, -0.2) is 33.8 Å². The van der Waals surface area contributed by atoms with Crippen LogP contribution >= 0.6 is 24.0 Å². The molecule has 0 aromatic heterocycles. The van der Waals surface area contributed by atoms with E-state index < -0.39 is 0 Å². The van der Waals surface area contributed by atoms with Crippen molar-refractivity contribution in [3.63, 3.8) is 0 Å². The summed E-state index contributed by atoms with van der Waals surface area (Å²) < 4.78 is 16.6. The molecule has 2 N–H and O–H groups in total. The summed E-state index contributed by atoms with van der Waals surface area (Å²) in [5.41, 5.74) is 4.79. The van der Waals surface area contributed by atoms with Gasteiger partial charge in [-0.15, -0.1) is 24.0 Å². The fourth-order valence-electron chi connectivity index (χ4n) is 2.95. The summed E-state index contributed by atoms with van der Waals surface area (Å²) in [4.78, 5) is 4.30. The molecule has 2 aromatic carbocycles. The third kappa shape index (κ3) is 6.99. The van der Waals surface area contributed by atoms with E-state index in [-0.39, 0.29) is 24.0 Å². The zero-order chi connectivity index (χ0) is 20.5. The summed E-state index contributed by atoms with van der Waals surface area (Å²) >= 11 is 0. The van der Waals surface area contributed by atoms with Crippen LogP contribution in [0.3, 0.4) is 0 Å². The summed E-state index contributed by atoms with van der Waals surface area (Å²) in [6.45, 7) is 7.98. The van der Waals surface area contributed by atoms with Crippen LogP contribution in [0, 0.1) is 13.8 Å². The SMILES string of the molecule is CCOc1c(OC)cc(CNC(=NC)NCc2ccc(C)cc2C)cc1OC.I. The van der Waals surface area contributed by atoms with Gasteiger partial charge in [0.2, 0.25) is 5.75 Å². The Bertz CT molecular complexity index is 800. The second-order valence-corrected chi connectivity index (χ2v) is 6.47. The van der Waals surface area contributed by atoms with Gasteiger partial charge >= 0.3 is 0 Å². The molecule has 7 heteroatoms. The number of methoxy groups -OCH3 is 2. The van der Waals surface area contributed by atoms with E-state index >= 15 is 0 Å². The Kier molecular flexibility index (Phi) is 10.6. The van der Waals surface area contributed by atoms with Crippen LogP contribution in [0.1, 0.15) is 29.2 Å². The highest BCUT2D eigenvalue weighted by atomic mass is 127. The van der Waals surface area contributed by atoms with Crippen molar-refractivity contribution in [2.24, 2.45) is 4.99 Å². The Balaban J connectivity index is 0.00000420. The zero-order valence-electron chi connectivity index (χ0n) is 18.1. The van der Waals surface area contributed by atoms with Crippen molar-refractivity contribution in [2.45, 2.75) is 33.9 Å². The van der Waals surface area contributed by atoms with E-state index in [4.69, 9.17) is 14.2 Å². The van der Waals surface area contributed by atoms with E-state index in [1.54, 1.807) is 21.3 Å². The van der Waals surface area contributed by atoms with Crippen LogP contribution < -0.4 is 24.8 Å². The number of benzene rings is 2. The smallest absolute Gasteiger partial charge is 0.203 e. The minimum atomic E-state index is 0. The number of hydrogen-bond donors (Lipinski definition) is 2. The van der Waals surface area contributed by atoms with Crippen molar-refractivity contribution in [1.82, 2.24) is 10.6 Å². The predicted octanol–water partition coefficient (Wildman–Crippen LogP) is 4.20. The van der Waals surface area contributed by atoms with E-state index in [1.165, 1.54) is 16.7 Å². The first-order chi connectivity index (χ1) is 13.5. The highest BCUT2D eigenvalue weighted by molar-refractivity contribution is 14.0. The van der Waals surface area contributed by atoms with E-state index in [0.717, 1.165) is 11.5 Å². The van der Waals surface area contributed by atoms with Gasteiger partial charge in [-0.25, -0.2) is 0 Å². The fraction of sp³-hybridized carbons (Fsp3) is 0.409. The molecule has 0 aliphatic carbocycles. The lowest BCUT2D eigenvalue weighted by molar-refractivity contribution is 0.288. The molecule has 0 saturated carbocycles. The number of aliphatic imine (C=N–C) groups is 1. The van der Waals surface area contributed by atoms with Crippen molar-refractivity contribution < 1.29 is 14.2 Å². The van der Waals surface area contributed by atoms with Gasteiger partial charge in [0.05, 0.1) is 20.8 Å². The standard InChI is InChI=1S/C22H31N3O3.HI/c1-7-28-21-19(26-5)11-17(12-20(21)27-6)13-24-22(23-4)25-14-18-9-8-15(2)10-16(18)3;/h8-12H,7,13-14H2,1-6H3,(H2,23,24,25);1H. The van der Waals surface area contributed by atoms with Gasteiger partial charge in [-0.1, -0.05) is 23.8 Å². The number of nitrogens with zero attached hydrogens (tertiary/aromatic N) is 1. The monoisotopic (exact) mass is 513 g/mol. The van der Waals surface area contributed by atoms with Gasteiger partial charge in [0.25, 0.3) is 0 Å². The molecule has 0 amide bonds. The maximum Gasteiger partial charge on any atom is 0.203 e. The maximum absolute atomic E-state index is 5.65. The molecular weight excluding hydrogens is 481 g/mol. The molecule has 0 heterocycles. The van der Waals surface area contributed by atoms with Crippen LogP contribution in [-0.2, 0) is 13.1 Å². The lowest BCUT2D eigenvalue weighted by Gasteiger charge is -2.17. The average Bonchev–Trinajstić information content (AvgIpc) is 2.70. The van der Waals surface area contributed by atoms with E-state index in [9.17, 15) is 0 Å². The molecule has 0 aliphatic rings. The molecule has 29 heavy (non-hydrogen) atoms. The number of nitrogens with one attached hydrogen (secondary N) is 2. The third-order valence-corrected chi connectivity index (χ3v) is 4.44. The molecule has 0 radical (unpaired) electrons. The minimum Gasteiger partial charge on any atom is -0.493 e. The fourth-order valence-corrected chi connectivity index (χ4v) is 2.95. The Hall–Kier alpha value is -2.16. The lowest BCUT2D eigenvalue weighted by atomic mass is 10.1. The van der Waals surface area contributed by atoms with Crippen molar-refractivity contribution in [1.29, 1.82) is 0 Å². The summed E-state index contributed by atoms with van der Waals surface area (Å²) in [7, 11) is 5.01. The van der Waals surface area contributed by atoms with Crippen molar-refractivity contribution in [3.05, 3.63) is 52.6 Å². The zero-order valence-corrected chi connectivity index (χ0v) is 20.4. The molecule has 0 spiro atoms. The topological polar surface area (TPSA) is 64.1 Å². The maximum atomic E-state index is 5.65. The first kappa shape index (κ1) is 24.9. The number of hydrogen-bond acceptors (Lipinski definition) is 4. The van der Waals surface area contributed by atoms with Crippen LogP contribution in [0.15, 0.2) is 35.3 Å². The number of halogens is 1. The summed E-state index contributed by atoms with van der Waals surface area (Å²) in [6, 6.07) is 10.3. The van der Waals surface area contributed by atoms with Gasteiger partial charge in [0, 0.05) is 20.1 Å². The Morgan fingerprint density at radius 2 is 1.59 bits per heavy atom. The Morgan fingerprint density at radius 3 is 2.10 bits per heavy atom. The number of aryl methyl sites for hydroxylation is 2. The van der Waals surface area contributed by atoms with E-state index in [0.29, 0.717) is 36.9 Å². The van der Waals surface area contributed by atoms with Crippen LogP contribution in [0.2, 0.25) is 0 Å². The number of rotatable bonds is 8. The summed E-state index contributed by atoms with van der Waals surface area (Å²) in [5, 5.41) is 6.68. The molecule has 6 nitrogen and oxygen atoms in total. The van der Waals surface area contributed by atoms with Gasteiger partial charge in [-0.3, -0.25) is 4.99 Å². The first-order valence-corrected chi connectivity index (χ1v) is 9.40. The molecule has 0 unspecified atom stereocenters. The van der Waals surface area contributed by atoms with Crippen LogP contribution in [0.25, 0.3) is 0 Å². The summed E-state index contributed by atoms with van der Waals surface area (Å²) in [6.07, 6.45) is 0. The first-order valence-electron chi connectivity index (χ1n) is 9.40. The normalized spacial score (nSPS) is 10.8. The van der Waals surface area contributed by atoms with Gasteiger partial charge < -0.3 is 24.8 Å². The van der Waals surface area contributed by atoms with Crippen molar-refractivity contribution in [3.8, 4) is 17.2 Å². The molecule has 0 atom stereocenters. The second-order valence-electron chi connectivity index (χ2n) is 6.47.